The van der Waals surface area contributed by atoms with Gasteiger partial charge in [0.1, 0.15) is 5.88 Å². The molecule has 0 fully saturated rings. The highest BCUT2D eigenvalue weighted by atomic mass is 35.5. The zero-order valence-electron chi connectivity index (χ0n) is 11.9. The molecular formula is C14H16ClN3O3. The fourth-order valence-corrected chi connectivity index (χ4v) is 2.58. The number of ether oxygens (including phenoxy) is 2. The third-order valence-corrected chi connectivity index (χ3v) is 3.79. The van der Waals surface area contributed by atoms with E-state index in [9.17, 15) is 0 Å². The molecule has 0 radical (unpaired) electrons. The Hall–Kier alpha value is -1.95. The largest absolute Gasteiger partial charge is 0.493 e. The first kappa shape index (κ1) is 14.0. The fourth-order valence-electron chi connectivity index (χ4n) is 2.47. The molecule has 6 nitrogen and oxygen atoms in total. The normalized spacial score (nSPS) is 14.0. The van der Waals surface area contributed by atoms with Crippen molar-refractivity contribution in [2.24, 2.45) is 0 Å². The van der Waals surface area contributed by atoms with Gasteiger partial charge in [0.25, 0.3) is 0 Å². The van der Waals surface area contributed by atoms with Gasteiger partial charge in [-0.1, -0.05) is 5.10 Å². The molecule has 1 aromatic heterocycles. The minimum Gasteiger partial charge on any atom is -0.493 e. The third-order valence-electron chi connectivity index (χ3n) is 3.56. The summed E-state index contributed by atoms with van der Waals surface area (Å²) in [4.78, 5) is 2.04. The Morgan fingerprint density at radius 2 is 1.90 bits per heavy atom. The summed E-state index contributed by atoms with van der Waals surface area (Å²) in [6, 6.07) is 4.54. The van der Waals surface area contributed by atoms with Gasteiger partial charge < -0.3 is 18.8 Å². The predicted molar refractivity (Wildman–Crippen MR) is 78.2 cm³/mol. The van der Waals surface area contributed by atoms with Gasteiger partial charge in [-0.3, -0.25) is 0 Å². The molecule has 1 aromatic carbocycles. The van der Waals surface area contributed by atoms with Crippen LogP contribution in [-0.2, 0) is 18.8 Å². The summed E-state index contributed by atoms with van der Waals surface area (Å²) >= 11 is 5.69. The molecule has 21 heavy (non-hydrogen) atoms. The number of alkyl halides is 1. The number of benzene rings is 1. The number of hydrogen-bond donors (Lipinski definition) is 0. The van der Waals surface area contributed by atoms with Crippen molar-refractivity contribution in [1.82, 2.24) is 10.2 Å². The van der Waals surface area contributed by atoms with E-state index in [1.54, 1.807) is 14.2 Å². The highest BCUT2D eigenvalue weighted by Gasteiger charge is 2.22. The minimum atomic E-state index is 0.225. The lowest BCUT2D eigenvalue weighted by Crippen LogP contribution is -2.30. The van der Waals surface area contributed by atoms with Gasteiger partial charge in [0.2, 0.25) is 5.89 Å². The van der Waals surface area contributed by atoms with Crippen LogP contribution in [0.25, 0.3) is 0 Å². The fraction of sp³-hybridized carbons (Fsp3) is 0.429. The zero-order valence-corrected chi connectivity index (χ0v) is 12.7. The van der Waals surface area contributed by atoms with Gasteiger partial charge in [0, 0.05) is 13.1 Å². The van der Waals surface area contributed by atoms with Crippen LogP contribution in [0.5, 0.6) is 11.5 Å². The number of fused-ring (bicyclic) bond motifs is 1. The van der Waals surface area contributed by atoms with E-state index in [1.165, 1.54) is 11.1 Å². The Balaban J connectivity index is 1.87. The SMILES string of the molecule is COc1cc2c(cc1OC)CN(c1nnc(CCl)o1)CC2. The molecule has 0 saturated heterocycles. The number of hydrogen-bond acceptors (Lipinski definition) is 6. The lowest BCUT2D eigenvalue weighted by Gasteiger charge is -2.27. The molecule has 0 saturated carbocycles. The van der Waals surface area contributed by atoms with Crippen molar-refractivity contribution in [1.29, 1.82) is 0 Å². The van der Waals surface area contributed by atoms with Gasteiger partial charge in [0.15, 0.2) is 11.5 Å². The molecule has 0 unspecified atom stereocenters. The van der Waals surface area contributed by atoms with E-state index in [1.807, 2.05) is 17.0 Å². The molecule has 0 spiro atoms. The van der Waals surface area contributed by atoms with E-state index < -0.39 is 0 Å². The quantitative estimate of drug-likeness (QED) is 0.808. The molecule has 0 amide bonds. The molecule has 0 bridgehead atoms. The van der Waals surface area contributed by atoms with Gasteiger partial charge >= 0.3 is 6.01 Å². The van der Waals surface area contributed by atoms with Crippen molar-refractivity contribution in [2.75, 3.05) is 25.7 Å². The number of anilines is 1. The summed E-state index contributed by atoms with van der Waals surface area (Å²) in [6.45, 7) is 1.51. The first-order valence-corrected chi connectivity index (χ1v) is 7.15. The maximum atomic E-state index is 5.69. The Morgan fingerprint density at radius 1 is 1.19 bits per heavy atom. The van der Waals surface area contributed by atoms with E-state index in [-0.39, 0.29) is 5.88 Å². The van der Waals surface area contributed by atoms with Crippen LogP contribution in [-0.4, -0.2) is 31.0 Å². The van der Waals surface area contributed by atoms with Gasteiger partial charge in [-0.05, 0) is 29.7 Å². The van der Waals surface area contributed by atoms with E-state index in [0.29, 0.717) is 18.5 Å². The first-order chi connectivity index (χ1) is 10.2. The van der Waals surface area contributed by atoms with Crippen LogP contribution in [0.2, 0.25) is 0 Å². The van der Waals surface area contributed by atoms with Crippen molar-refractivity contribution >= 4 is 17.6 Å². The van der Waals surface area contributed by atoms with Crippen LogP contribution in [0, 0.1) is 0 Å². The van der Waals surface area contributed by atoms with Crippen molar-refractivity contribution in [3.05, 3.63) is 29.2 Å². The molecule has 112 valence electrons. The zero-order chi connectivity index (χ0) is 14.8. The van der Waals surface area contributed by atoms with Gasteiger partial charge in [-0.2, -0.15) is 0 Å². The van der Waals surface area contributed by atoms with Crippen LogP contribution in [0.4, 0.5) is 6.01 Å². The second-order valence-corrected chi connectivity index (χ2v) is 5.03. The predicted octanol–water partition coefficient (Wildman–Crippen LogP) is 2.39. The smallest absolute Gasteiger partial charge is 0.318 e. The Bertz CT molecular complexity index is 644. The molecule has 2 aromatic rings. The minimum absolute atomic E-state index is 0.225. The van der Waals surface area contributed by atoms with Crippen molar-refractivity contribution in [3.63, 3.8) is 0 Å². The topological polar surface area (TPSA) is 60.6 Å². The molecule has 1 aliphatic heterocycles. The number of halogens is 1. The summed E-state index contributed by atoms with van der Waals surface area (Å²) in [5, 5.41) is 7.92. The molecular weight excluding hydrogens is 294 g/mol. The number of methoxy groups -OCH3 is 2. The van der Waals surface area contributed by atoms with Crippen molar-refractivity contribution in [2.45, 2.75) is 18.8 Å². The summed E-state index contributed by atoms with van der Waals surface area (Å²) in [6.07, 6.45) is 0.883. The standard InChI is InChI=1S/C14H16ClN3O3/c1-19-11-5-9-3-4-18(8-10(9)6-12(11)20-2)14-17-16-13(7-15)21-14/h5-6H,3-4,7-8H2,1-2H3. The van der Waals surface area contributed by atoms with Crippen LogP contribution < -0.4 is 14.4 Å². The van der Waals surface area contributed by atoms with E-state index in [0.717, 1.165) is 24.5 Å². The van der Waals surface area contributed by atoms with Crippen LogP contribution >= 0.6 is 11.6 Å². The number of aromatic nitrogens is 2. The molecule has 3 rings (SSSR count). The molecule has 1 aliphatic rings. The molecule has 0 atom stereocenters. The van der Waals surface area contributed by atoms with Gasteiger partial charge in [-0.15, -0.1) is 16.7 Å². The van der Waals surface area contributed by atoms with E-state index >= 15 is 0 Å². The average Bonchev–Trinajstić information content (AvgIpc) is 3.02. The lowest BCUT2D eigenvalue weighted by atomic mass is 9.99. The number of rotatable bonds is 4. The number of nitrogens with zero attached hydrogens (tertiary/aromatic N) is 3. The lowest BCUT2D eigenvalue weighted by molar-refractivity contribution is 0.353. The third kappa shape index (κ3) is 2.63. The first-order valence-electron chi connectivity index (χ1n) is 6.62. The highest BCUT2D eigenvalue weighted by molar-refractivity contribution is 6.16. The van der Waals surface area contributed by atoms with Crippen LogP contribution in [0.1, 0.15) is 17.0 Å². The van der Waals surface area contributed by atoms with Crippen molar-refractivity contribution < 1.29 is 13.9 Å². The van der Waals surface area contributed by atoms with Crippen molar-refractivity contribution in [3.8, 4) is 11.5 Å². The van der Waals surface area contributed by atoms with Gasteiger partial charge in [-0.25, -0.2) is 0 Å². The molecule has 2 heterocycles. The summed E-state index contributed by atoms with van der Waals surface area (Å²) in [5.74, 6) is 2.14. The van der Waals surface area contributed by atoms with Crippen LogP contribution in [0.15, 0.2) is 16.5 Å². The Labute approximate surface area is 127 Å². The highest BCUT2D eigenvalue weighted by Crippen LogP contribution is 2.34. The Morgan fingerprint density at radius 3 is 2.52 bits per heavy atom. The Kier molecular flexibility index (Phi) is 3.88. The summed E-state index contributed by atoms with van der Waals surface area (Å²) in [5.41, 5.74) is 2.42. The van der Waals surface area contributed by atoms with Gasteiger partial charge in [0.05, 0.1) is 14.2 Å². The molecule has 7 heteroatoms. The maximum Gasteiger partial charge on any atom is 0.318 e. The summed E-state index contributed by atoms with van der Waals surface area (Å²) < 4.78 is 16.2. The van der Waals surface area contributed by atoms with E-state index in [2.05, 4.69) is 10.2 Å². The molecule has 0 N–H and O–H groups in total. The van der Waals surface area contributed by atoms with Crippen LogP contribution in [0.3, 0.4) is 0 Å². The second-order valence-electron chi connectivity index (χ2n) is 4.76. The molecule has 0 aliphatic carbocycles. The maximum absolute atomic E-state index is 5.69. The van der Waals surface area contributed by atoms with E-state index in [4.69, 9.17) is 25.5 Å². The average molecular weight is 310 g/mol. The monoisotopic (exact) mass is 309 g/mol. The summed E-state index contributed by atoms with van der Waals surface area (Å²) in [7, 11) is 3.28. The second kappa shape index (κ2) is 5.81.